The molecule has 0 unspecified atom stereocenters. The summed E-state index contributed by atoms with van der Waals surface area (Å²) in [6.45, 7) is 0.574. The number of nitrogen functional groups attached to an aromatic ring is 1. The van der Waals surface area contributed by atoms with Gasteiger partial charge in [0, 0.05) is 5.69 Å². The van der Waals surface area contributed by atoms with Gasteiger partial charge < -0.3 is 5.32 Å². The van der Waals surface area contributed by atoms with Crippen molar-refractivity contribution in [2.24, 2.45) is 0 Å². The molecule has 0 aliphatic carbocycles. The number of hydrogen-bond acceptors (Lipinski definition) is 5. The molecule has 0 saturated carbocycles. The van der Waals surface area contributed by atoms with Gasteiger partial charge in [0.2, 0.25) is 0 Å². The van der Waals surface area contributed by atoms with Crippen molar-refractivity contribution in [2.75, 3.05) is 16.4 Å². The van der Waals surface area contributed by atoms with Crippen LogP contribution in [0.25, 0.3) is 16.6 Å². The second-order valence-corrected chi connectivity index (χ2v) is 10.4. The Labute approximate surface area is 224 Å². The van der Waals surface area contributed by atoms with Crippen molar-refractivity contribution in [1.82, 2.24) is 19.5 Å². The fourth-order valence-electron chi connectivity index (χ4n) is 3.97. The first-order chi connectivity index (χ1) is 18.2. The van der Waals surface area contributed by atoms with E-state index in [9.17, 15) is 22.4 Å². The number of carbonyl (C=O) groups excluding carboxylic acids is 1. The molecular formula is C25H19F4IN7O-. The first-order valence-corrected chi connectivity index (χ1v) is 13.5. The SMILES string of the molecule is Nc1ncnn2cc(CN3C=C[I-]C=C3)c(-c3ccc(NC(=O)Nc4cc(F)cc(C(F)(F)F)c4)cc3)c12. The van der Waals surface area contributed by atoms with Gasteiger partial charge in [-0.05, 0) is 18.2 Å². The zero-order valence-corrected chi connectivity index (χ0v) is 21.5. The van der Waals surface area contributed by atoms with Crippen LogP contribution in [0.5, 0.6) is 0 Å². The van der Waals surface area contributed by atoms with Crippen LogP contribution in [0.2, 0.25) is 0 Å². The van der Waals surface area contributed by atoms with Crippen LogP contribution in [0.15, 0.2) is 75.6 Å². The van der Waals surface area contributed by atoms with Crippen LogP contribution in [0.3, 0.4) is 0 Å². The van der Waals surface area contributed by atoms with E-state index >= 15 is 0 Å². The predicted molar refractivity (Wildman–Crippen MR) is 131 cm³/mol. The monoisotopic (exact) mass is 636 g/mol. The average molecular weight is 636 g/mol. The molecule has 4 N–H and O–H groups in total. The number of aromatic nitrogens is 3. The van der Waals surface area contributed by atoms with Crippen LogP contribution in [0.4, 0.5) is 39.5 Å². The molecule has 196 valence electrons. The van der Waals surface area contributed by atoms with Crippen LogP contribution in [0, 0.1) is 5.82 Å². The molecule has 2 aromatic heterocycles. The molecule has 0 saturated heterocycles. The van der Waals surface area contributed by atoms with E-state index in [-0.39, 0.29) is 26.9 Å². The molecular weight excluding hydrogens is 617 g/mol. The Hall–Kier alpha value is -4.14. The number of anilines is 3. The van der Waals surface area contributed by atoms with Crippen LogP contribution in [-0.2, 0) is 12.7 Å². The van der Waals surface area contributed by atoms with Gasteiger partial charge in [-0.3, -0.25) is 0 Å². The Bertz CT molecular complexity index is 1550. The predicted octanol–water partition coefficient (Wildman–Crippen LogP) is 2.63. The van der Waals surface area contributed by atoms with Gasteiger partial charge in [-0.1, -0.05) is 0 Å². The normalized spacial score (nSPS) is 13.4. The van der Waals surface area contributed by atoms with Crippen molar-refractivity contribution in [2.45, 2.75) is 12.7 Å². The van der Waals surface area contributed by atoms with Crippen molar-refractivity contribution in [3.63, 3.8) is 0 Å². The fraction of sp³-hybridized carbons (Fsp3) is 0.0800. The van der Waals surface area contributed by atoms with Crippen LogP contribution in [0.1, 0.15) is 11.1 Å². The van der Waals surface area contributed by atoms with Crippen molar-refractivity contribution in [3.05, 3.63) is 92.5 Å². The van der Waals surface area contributed by atoms with E-state index in [0.29, 0.717) is 35.7 Å². The second-order valence-electron chi connectivity index (χ2n) is 8.20. The van der Waals surface area contributed by atoms with Gasteiger partial charge in [0.25, 0.3) is 0 Å². The Kier molecular flexibility index (Phi) is 6.93. The average Bonchev–Trinajstić information content (AvgIpc) is 3.23. The number of amides is 2. The summed E-state index contributed by atoms with van der Waals surface area (Å²) in [7, 11) is 0. The summed E-state index contributed by atoms with van der Waals surface area (Å²) < 4.78 is 58.5. The minimum absolute atomic E-state index is 0.0620. The van der Waals surface area contributed by atoms with Gasteiger partial charge in [-0.15, -0.1) is 0 Å². The molecule has 0 radical (unpaired) electrons. The first-order valence-electron chi connectivity index (χ1n) is 11.1. The number of urea groups is 1. The van der Waals surface area contributed by atoms with Gasteiger partial charge in [0.05, 0.1) is 5.56 Å². The van der Waals surface area contributed by atoms with Crippen LogP contribution in [-0.4, -0.2) is 25.5 Å². The molecule has 2 amide bonds. The maximum atomic E-state index is 13.6. The van der Waals surface area contributed by atoms with Gasteiger partial charge in [-0.25, -0.2) is 9.18 Å². The molecule has 1 aliphatic rings. The van der Waals surface area contributed by atoms with E-state index < -0.39 is 23.6 Å². The van der Waals surface area contributed by atoms with Gasteiger partial charge in [-0.2, -0.15) is 13.2 Å². The van der Waals surface area contributed by atoms with E-state index in [1.807, 2.05) is 18.6 Å². The van der Waals surface area contributed by atoms with E-state index in [0.717, 1.165) is 22.8 Å². The molecule has 0 fully saturated rings. The van der Waals surface area contributed by atoms with E-state index in [2.05, 4.69) is 33.8 Å². The molecule has 0 spiro atoms. The Morgan fingerprint density at radius 3 is 2.45 bits per heavy atom. The summed E-state index contributed by atoms with van der Waals surface area (Å²) in [4.78, 5) is 18.6. The molecule has 13 heteroatoms. The summed E-state index contributed by atoms with van der Waals surface area (Å²) in [5, 5.41) is 9.05. The molecule has 0 bridgehead atoms. The molecule has 5 rings (SSSR count). The van der Waals surface area contributed by atoms with E-state index in [1.54, 1.807) is 28.8 Å². The first kappa shape index (κ1) is 25.5. The number of benzene rings is 2. The number of hydrogen-bond donors (Lipinski definition) is 3. The van der Waals surface area contributed by atoms with E-state index in [4.69, 9.17) is 5.73 Å². The number of halogens is 5. The number of carbonyl (C=O) groups is 1. The van der Waals surface area contributed by atoms with E-state index in [1.165, 1.54) is 6.33 Å². The molecule has 38 heavy (non-hydrogen) atoms. The van der Waals surface area contributed by atoms with Crippen LogP contribution < -0.4 is 37.6 Å². The summed E-state index contributed by atoms with van der Waals surface area (Å²) >= 11 is -0.0620. The minimum atomic E-state index is -4.75. The molecule has 2 aromatic carbocycles. The third-order valence-electron chi connectivity index (χ3n) is 5.59. The summed E-state index contributed by atoms with van der Waals surface area (Å²) in [5.74, 6) is -0.803. The number of nitrogens with two attached hydrogens (primary N) is 1. The second kappa shape index (κ2) is 10.3. The topological polar surface area (TPSA) is 101 Å². The Morgan fingerprint density at radius 2 is 1.74 bits per heavy atom. The van der Waals surface area contributed by atoms with Gasteiger partial charge in [0.1, 0.15) is 5.82 Å². The summed E-state index contributed by atoms with van der Waals surface area (Å²) in [6, 6.07) is 7.83. The number of rotatable bonds is 5. The zero-order chi connectivity index (χ0) is 26.9. The summed E-state index contributed by atoms with van der Waals surface area (Å²) in [5.41, 5.74) is 8.27. The third kappa shape index (κ3) is 5.56. The maximum absolute atomic E-state index is 13.6. The van der Waals surface area contributed by atoms with Crippen LogP contribution >= 0.6 is 0 Å². The molecule has 3 heterocycles. The van der Waals surface area contributed by atoms with Crippen molar-refractivity contribution in [3.8, 4) is 11.1 Å². The number of nitrogens with zero attached hydrogens (tertiary/aromatic N) is 4. The van der Waals surface area contributed by atoms with Crippen molar-refractivity contribution >= 4 is 28.7 Å². The van der Waals surface area contributed by atoms with Crippen molar-refractivity contribution < 1.29 is 43.6 Å². The molecule has 8 nitrogen and oxygen atoms in total. The van der Waals surface area contributed by atoms with Gasteiger partial charge >= 0.3 is 162 Å². The standard InChI is InChI=1S/C25H19F4IN7O/c26-18-9-17(25(27,28)29)10-20(11-18)35-24(38)34-19-3-1-15(2-4-19)21-16(12-36-7-5-30-6-8-36)13-37-22(21)23(31)32-14-33-37/h1-11,13-14H,12H2,(H2,31,32,33)(H2,34,35,38)/q-1. The van der Waals surface area contributed by atoms with Gasteiger partial charge in [0.15, 0.2) is 0 Å². The Balaban J connectivity index is 1.38. The molecule has 0 atom stereocenters. The third-order valence-corrected chi connectivity index (χ3v) is 7.06. The number of alkyl halides is 3. The fourth-order valence-corrected chi connectivity index (χ4v) is 5.41. The molecule has 1 aliphatic heterocycles. The number of nitrogens with one attached hydrogen (secondary N) is 2. The number of fused-ring (bicyclic) bond motifs is 1. The zero-order valence-electron chi connectivity index (χ0n) is 19.4. The quantitative estimate of drug-likeness (QED) is 0.231. The molecule has 4 aromatic rings. The van der Waals surface area contributed by atoms with Crippen molar-refractivity contribution in [1.29, 1.82) is 0 Å². The summed E-state index contributed by atoms with van der Waals surface area (Å²) in [6.07, 6.45) is 2.60. The Morgan fingerprint density at radius 1 is 1.03 bits per heavy atom.